The number of hydrogen-bond acceptors (Lipinski definition) is 5. The van der Waals surface area contributed by atoms with Gasteiger partial charge in [0.05, 0.1) is 17.8 Å². The summed E-state index contributed by atoms with van der Waals surface area (Å²) in [6, 6.07) is 21.0. The maximum absolute atomic E-state index is 10.5. The molecule has 0 aliphatic heterocycles. The van der Waals surface area contributed by atoms with E-state index in [1.54, 1.807) is 18.2 Å². The van der Waals surface area contributed by atoms with Crippen molar-refractivity contribution in [3.05, 3.63) is 83.2 Å². The van der Waals surface area contributed by atoms with E-state index in [-0.39, 0.29) is 6.54 Å². The predicted octanol–water partition coefficient (Wildman–Crippen LogP) is 2.59. The Hall–Kier alpha value is -4.00. The minimum Gasteiger partial charge on any atom is -0.480 e. The zero-order valence-corrected chi connectivity index (χ0v) is 14.9. The average molecular weight is 368 g/mol. The Kier molecular flexibility index (Phi) is 6.10. The molecule has 6 heteroatoms. The van der Waals surface area contributed by atoms with E-state index in [1.807, 2.05) is 42.5 Å². The lowest BCUT2D eigenvalue weighted by molar-refractivity contribution is -0.136. The summed E-state index contributed by atoms with van der Waals surface area (Å²) in [7, 11) is 0. The molecular formula is C22H16N4O2. The van der Waals surface area contributed by atoms with Crippen molar-refractivity contribution < 1.29 is 9.90 Å². The second-order valence-corrected chi connectivity index (χ2v) is 5.86. The number of aromatic nitrogens is 2. The summed E-state index contributed by atoms with van der Waals surface area (Å²) >= 11 is 0. The van der Waals surface area contributed by atoms with Gasteiger partial charge in [0.15, 0.2) is 0 Å². The van der Waals surface area contributed by atoms with Gasteiger partial charge in [-0.05, 0) is 29.7 Å². The fourth-order valence-corrected chi connectivity index (χ4v) is 2.58. The van der Waals surface area contributed by atoms with Crippen LogP contribution in [0.3, 0.4) is 0 Å². The molecule has 0 fully saturated rings. The normalized spacial score (nSPS) is 9.82. The number of nitrogens with zero attached hydrogens (tertiary/aromatic N) is 3. The van der Waals surface area contributed by atoms with Crippen LogP contribution in [-0.2, 0) is 11.3 Å². The molecule has 1 heterocycles. The molecular weight excluding hydrogens is 352 g/mol. The van der Waals surface area contributed by atoms with E-state index in [9.17, 15) is 10.1 Å². The van der Waals surface area contributed by atoms with E-state index >= 15 is 0 Å². The summed E-state index contributed by atoms with van der Waals surface area (Å²) in [5.74, 6) is 5.00. The summed E-state index contributed by atoms with van der Waals surface area (Å²) in [5, 5.41) is 29.0. The molecule has 0 unspecified atom stereocenters. The van der Waals surface area contributed by atoms with Crippen molar-refractivity contribution in [2.75, 3.05) is 6.54 Å². The van der Waals surface area contributed by atoms with Gasteiger partial charge >= 0.3 is 5.97 Å². The third-order valence-electron chi connectivity index (χ3n) is 3.89. The van der Waals surface area contributed by atoms with Crippen LogP contribution in [0.15, 0.2) is 60.7 Å². The summed E-state index contributed by atoms with van der Waals surface area (Å²) in [5.41, 5.74) is 4.02. The van der Waals surface area contributed by atoms with Crippen LogP contribution in [0.4, 0.5) is 0 Å². The van der Waals surface area contributed by atoms with Crippen LogP contribution in [0.25, 0.3) is 11.1 Å². The fraction of sp³-hybridized carbons (Fsp3) is 0.0909. The van der Waals surface area contributed by atoms with Crippen LogP contribution in [-0.4, -0.2) is 27.8 Å². The number of benzene rings is 2. The van der Waals surface area contributed by atoms with Crippen molar-refractivity contribution in [1.82, 2.24) is 15.5 Å². The lowest BCUT2D eigenvalue weighted by Crippen LogP contribution is -2.22. The second-order valence-electron chi connectivity index (χ2n) is 5.86. The number of nitrogens with one attached hydrogen (secondary N) is 1. The van der Waals surface area contributed by atoms with E-state index in [0.29, 0.717) is 29.1 Å². The Morgan fingerprint density at radius 1 is 1.00 bits per heavy atom. The molecule has 3 aromatic rings. The monoisotopic (exact) mass is 368 g/mol. The maximum atomic E-state index is 10.5. The van der Waals surface area contributed by atoms with Gasteiger partial charge in [-0.25, -0.2) is 0 Å². The van der Waals surface area contributed by atoms with Crippen molar-refractivity contribution in [3.8, 4) is 29.0 Å². The largest absolute Gasteiger partial charge is 0.480 e. The predicted molar refractivity (Wildman–Crippen MR) is 104 cm³/mol. The molecule has 0 saturated heterocycles. The van der Waals surface area contributed by atoms with Gasteiger partial charge in [-0.1, -0.05) is 48.4 Å². The SMILES string of the molecule is N#Cc1c(C#Cc2ccc(CNCC(=O)O)nn2)cccc1-c1ccccc1. The van der Waals surface area contributed by atoms with Gasteiger partial charge in [0, 0.05) is 17.7 Å². The summed E-state index contributed by atoms with van der Waals surface area (Å²) in [4.78, 5) is 10.5. The zero-order valence-electron chi connectivity index (χ0n) is 14.9. The summed E-state index contributed by atoms with van der Waals surface area (Å²) < 4.78 is 0. The Balaban J connectivity index is 1.81. The third-order valence-corrected chi connectivity index (χ3v) is 3.89. The number of rotatable bonds is 5. The number of nitriles is 1. The highest BCUT2D eigenvalue weighted by Crippen LogP contribution is 2.25. The molecule has 1 aromatic heterocycles. The van der Waals surface area contributed by atoms with E-state index < -0.39 is 5.97 Å². The van der Waals surface area contributed by atoms with Crippen molar-refractivity contribution in [2.45, 2.75) is 6.54 Å². The van der Waals surface area contributed by atoms with Gasteiger partial charge in [0.25, 0.3) is 0 Å². The van der Waals surface area contributed by atoms with Crippen LogP contribution >= 0.6 is 0 Å². The first-order valence-electron chi connectivity index (χ1n) is 8.53. The molecule has 2 aromatic carbocycles. The standard InChI is InChI=1S/C22H16N4O2/c23-13-21-17(7-4-8-20(21)16-5-2-1-3-6-16)9-10-18-11-12-19(26-25-18)14-24-15-22(27)28/h1-8,11-12,24H,14-15H2,(H,27,28). The minimum atomic E-state index is -0.929. The molecule has 0 radical (unpaired) electrons. The first-order chi connectivity index (χ1) is 13.7. The van der Waals surface area contributed by atoms with Crippen LogP contribution in [0.5, 0.6) is 0 Å². The van der Waals surface area contributed by atoms with E-state index in [2.05, 4.69) is 33.4 Å². The summed E-state index contributed by atoms with van der Waals surface area (Å²) in [6.07, 6.45) is 0. The third kappa shape index (κ3) is 4.79. The first kappa shape index (κ1) is 18.8. The highest BCUT2D eigenvalue weighted by atomic mass is 16.4. The maximum Gasteiger partial charge on any atom is 0.317 e. The Morgan fingerprint density at radius 3 is 2.50 bits per heavy atom. The topological polar surface area (TPSA) is 98.9 Å². The van der Waals surface area contributed by atoms with Crippen molar-refractivity contribution in [3.63, 3.8) is 0 Å². The van der Waals surface area contributed by atoms with Gasteiger partial charge < -0.3 is 10.4 Å². The van der Waals surface area contributed by atoms with Gasteiger partial charge in [0.2, 0.25) is 0 Å². The van der Waals surface area contributed by atoms with Crippen molar-refractivity contribution >= 4 is 5.97 Å². The summed E-state index contributed by atoms with van der Waals surface area (Å²) in [6.45, 7) is 0.169. The van der Waals surface area contributed by atoms with Gasteiger partial charge in [-0.15, -0.1) is 5.10 Å². The van der Waals surface area contributed by atoms with Gasteiger partial charge in [-0.3, -0.25) is 4.79 Å². The van der Waals surface area contributed by atoms with Crippen LogP contribution < -0.4 is 5.32 Å². The Labute approximate surface area is 162 Å². The van der Waals surface area contributed by atoms with Gasteiger partial charge in [-0.2, -0.15) is 10.4 Å². The smallest absolute Gasteiger partial charge is 0.317 e. The van der Waals surface area contributed by atoms with Crippen molar-refractivity contribution in [2.24, 2.45) is 0 Å². The number of hydrogen-bond donors (Lipinski definition) is 2. The molecule has 2 N–H and O–H groups in total. The number of carboxylic acid groups (broad SMARTS) is 1. The lowest BCUT2D eigenvalue weighted by Gasteiger charge is -2.05. The first-order valence-corrected chi connectivity index (χ1v) is 8.53. The molecule has 0 saturated carbocycles. The molecule has 0 bridgehead atoms. The molecule has 0 aliphatic rings. The molecule has 0 atom stereocenters. The Morgan fingerprint density at radius 2 is 1.82 bits per heavy atom. The highest BCUT2D eigenvalue weighted by molar-refractivity contribution is 5.74. The molecule has 28 heavy (non-hydrogen) atoms. The number of carboxylic acids is 1. The van der Waals surface area contributed by atoms with Crippen molar-refractivity contribution in [1.29, 1.82) is 5.26 Å². The molecule has 0 aliphatic carbocycles. The average Bonchev–Trinajstić information content (AvgIpc) is 2.73. The quantitative estimate of drug-likeness (QED) is 0.672. The van der Waals surface area contributed by atoms with E-state index in [1.165, 1.54) is 0 Å². The van der Waals surface area contributed by atoms with Crippen LogP contribution in [0, 0.1) is 23.2 Å². The van der Waals surface area contributed by atoms with Crippen LogP contribution in [0.1, 0.15) is 22.5 Å². The van der Waals surface area contributed by atoms with E-state index in [4.69, 9.17) is 5.11 Å². The Bertz CT molecular complexity index is 1080. The van der Waals surface area contributed by atoms with E-state index in [0.717, 1.165) is 11.1 Å². The van der Waals surface area contributed by atoms with Gasteiger partial charge in [0.1, 0.15) is 11.8 Å². The zero-order chi connectivity index (χ0) is 19.8. The lowest BCUT2D eigenvalue weighted by atomic mass is 9.96. The molecule has 136 valence electrons. The second kappa shape index (κ2) is 9.09. The number of carbonyl (C=O) groups is 1. The minimum absolute atomic E-state index is 0.141. The number of aliphatic carboxylic acids is 1. The molecule has 6 nitrogen and oxygen atoms in total. The fourth-order valence-electron chi connectivity index (χ4n) is 2.58. The molecule has 3 rings (SSSR count). The van der Waals surface area contributed by atoms with Crippen LogP contribution in [0.2, 0.25) is 0 Å². The highest BCUT2D eigenvalue weighted by Gasteiger charge is 2.08. The molecule has 0 amide bonds. The molecule has 0 spiro atoms.